The number of ether oxygens (including phenoxy) is 1. The van der Waals surface area contributed by atoms with Gasteiger partial charge in [0.15, 0.2) is 11.6 Å². The number of hydrogen-bond donors (Lipinski definition) is 0. The predicted molar refractivity (Wildman–Crippen MR) is 86.6 cm³/mol. The first kappa shape index (κ1) is 17.4. The third kappa shape index (κ3) is 3.68. The van der Waals surface area contributed by atoms with Crippen molar-refractivity contribution in [1.82, 2.24) is 4.90 Å². The molecule has 1 amide bonds. The normalized spacial score (nSPS) is 10.3. The Bertz CT molecular complexity index is 792. The smallest absolute Gasteiger partial charge is 0.272 e. The van der Waals surface area contributed by atoms with Gasteiger partial charge in [0.2, 0.25) is 0 Å². The summed E-state index contributed by atoms with van der Waals surface area (Å²) in [4.78, 5) is 24.2. The molecule has 2 aromatic carbocycles. The second-order valence-corrected chi connectivity index (χ2v) is 5.39. The van der Waals surface area contributed by atoms with Gasteiger partial charge in [-0.25, -0.2) is 4.39 Å². The van der Waals surface area contributed by atoms with Gasteiger partial charge in [0.1, 0.15) is 0 Å². The molecule has 0 aliphatic rings. The predicted octanol–water partition coefficient (Wildman–Crippen LogP) is 3.32. The zero-order valence-electron chi connectivity index (χ0n) is 13.6. The van der Waals surface area contributed by atoms with Gasteiger partial charge in [0.05, 0.1) is 12.0 Å². The number of nitro benzene ring substituents is 1. The highest BCUT2D eigenvalue weighted by atomic mass is 19.1. The molecule has 0 bridgehead atoms. The van der Waals surface area contributed by atoms with Crippen LogP contribution in [0.5, 0.6) is 5.75 Å². The summed E-state index contributed by atoms with van der Waals surface area (Å²) in [5.41, 5.74) is 1.33. The number of benzene rings is 2. The molecule has 0 saturated carbocycles. The minimum atomic E-state index is -0.498. The van der Waals surface area contributed by atoms with Crippen molar-refractivity contribution in [3.05, 3.63) is 69.0 Å². The summed E-state index contributed by atoms with van der Waals surface area (Å²) >= 11 is 0. The third-order valence-electron chi connectivity index (χ3n) is 3.62. The highest BCUT2D eigenvalue weighted by Crippen LogP contribution is 2.21. The summed E-state index contributed by atoms with van der Waals surface area (Å²) in [7, 11) is 2.96. The molecule has 0 aliphatic carbocycles. The van der Waals surface area contributed by atoms with E-state index in [1.54, 1.807) is 20.0 Å². The van der Waals surface area contributed by atoms with Crippen molar-refractivity contribution in [2.24, 2.45) is 0 Å². The molecule has 2 aromatic rings. The van der Waals surface area contributed by atoms with Crippen molar-refractivity contribution in [3.8, 4) is 5.75 Å². The lowest BCUT2D eigenvalue weighted by atomic mass is 10.1. The number of rotatable bonds is 5. The molecule has 0 radical (unpaired) electrons. The van der Waals surface area contributed by atoms with Gasteiger partial charge in [-0.1, -0.05) is 6.07 Å². The van der Waals surface area contributed by atoms with Crippen molar-refractivity contribution < 1.29 is 18.8 Å². The van der Waals surface area contributed by atoms with E-state index in [9.17, 15) is 19.3 Å². The first-order chi connectivity index (χ1) is 11.3. The van der Waals surface area contributed by atoms with E-state index in [0.717, 1.165) is 0 Å². The second-order valence-electron chi connectivity index (χ2n) is 5.39. The molecule has 0 unspecified atom stereocenters. The Hall–Kier alpha value is -2.96. The number of nitrogens with zero attached hydrogens (tertiary/aromatic N) is 2. The van der Waals surface area contributed by atoms with Crippen LogP contribution in [0.3, 0.4) is 0 Å². The molecule has 0 aliphatic heterocycles. The zero-order chi connectivity index (χ0) is 17.9. The van der Waals surface area contributed by atoms with Crippen LogP contribution < -0.4 is 4.74 Å². The molecule has 126 valence electrons. The van der Waals surface area contributed by atoms with E-state index in [0.29, 0.717) is 16.7 Å². The molecular weight excluding hydrogens is 315 g/mol. The summed E-state index contributed by atoms with van der Waals surface area (Å²) < 4.78 is 18.6. The van der Waals surface area contributed by atoms with Crippen LogP contribution >= 0.6 is 0 Å². The average molecular weight is 332 g/mol. The fourth-order valence-corrected chi connectivity index (χ4v) is 2.37. The highest BCUT2D eigenvalue weighted by Gasteiger charge is 2.17. The Morgan fingerprint density at radius 1 is 1.29 bits per heavy atom. The summed E-state index contributed by atoms with van der Waals surface area (Å²) in [5.74, 6) is -0.662. The number of carbonyl (C=O) groups excluding carboxylic acids is 1. The number of nitro groups is 1. The Kier molecular flexibility index (Phi) is 5.13. The minimum absolute atomic E-state index is 0.0357. The fourth-order valence-electron chi connectivity index (χ4n) is 2.37. The number of halogens is 1. The SMILES string of the molecule is COc1ccc(CN(C)C(=O)c2ccc([N+](=O)[O-])c(C)c2)cc1F. The maximum absolute atomic E-state index is 13.7. The van der Waals surface area contributed by atoms with Crippen LogP contribution in [-0.2, 0) is 6.54 Å². The number of amides is 1. The Balaban J connectivity index is 2.16. The number of methoxy groups -OCH3 is 1. The molecule has 24 heavy (non-hydrogen) atoms. The topological polar surface area (TPSA) is 72.7 Å². The number of aryl methyl sites for hydroxylation is 1. The summed E-state index contributed by atoms with van der Waals surface area (Å²) in [5, 5.41) is 10.8. The van der Waals surface area contributed by atoms with Gasteiger partial charge in [-0.3, -0.25) is 14.9 Å². The Labute approximate surface area is 138 Å². The molecule has 0 atom stereocenters. The lowest BCUT2D eigenvalue weighted by molar-refractivity contribution is -0.385. The molecular formula is C17H17FN2O4. The molecule has 6 nitrogen and oxygen atoms in total. The standard InChI is InChI=1S/C17H17FN2O4/c1-11-8-13(5-6-15(11)20(22)23)17(21)19(2)10-12-4-7-16(24-3)14(18)9-12/h4-9H,10H2,1-3H3. The number of hydrogen-bond acceptors (Lipinski definition) is 4. The molecule has 0 aromatic heterocycles. The second kappa shape index (κ2) is 7.08. The minimum Gasteiger partial charge on any atom is -0.494 e. The van der Waals surface area contributed by atoms with E-state index in [-0.39, 0.29) is 23.9 Å². The molecule has 7 heteroatoms. The van der Waals surface area contributed by atoms with Crippen LogP contribution in [0.2, 0.25) is 0 Å². The molecule has 0 heterocycles. The molecule has 0 fully saturated rings. The Morgan fingerprint density at radius 3 is 2.54 bits per heavy atom. The van der Waals surface area contributed by atoms with Crippen LogP contribution in [0, 0.1) is 22.9 Å². The van der Waals surface area contributed by atoms with Crippen LogP contribution in [0.25, 0.3) is 0 Å². The van der Waals surface area contributed by atoms with Gasteiger partial charge in [-0.15, -0.1) is 0 Å². The van der Waals surface area contributed by atoms with Gasteiger partial charge in [-0.2, -0.15) is 0 Å². The fraction of sp³-hybridized carbons (Fsp3) is 0.235. The van der Waals surface area contributed by atoms with Crippen molar-refractivity contribution in [3.63, 3.8) is 0 Å². The lowest BCUT2D eigenvalue weighted by Crippen LogP contribution is -2.26. The van der Waals surface area contributed by atoms with Crippen LogP contribution in [0.4, 0.5) is 10.1 Å². The average Bonchev–Trinajstić information content (AvgIpc) is 2.53. The monoisotopic (exact) mass is 332 g/mol. The van der Waals surface area contributed by atoms with Gasteiger partial charge in [-0.05, 0) is 36.8 Å². The summed E-state index contributed by atoms with van der Waals surface area (Å²) in [6, 6.07) is 8.68. The molecule has 2 rings (SSSR count). The summed E-state index contributed by atoms with van der Waals surface area (Å²) in [6.45, 7) is 1.78. The highest BCUT2D eigenvalue weighted by molar-refractivity contribution is 5.94. The van der Waals surface area contributed by atoms with Gasteiger partial charge < -0.3 is 9.64 Å². The van der Waals surface area contributed by atoms with Crippen LogP contribution in [-0.4, -0.2) is 29.9 Å². The largest absolute Gasteiger partial charge is 0.494 e. The van der Waals surface area contributed by atoms with Gasteiger partial charge in [0.25, 0.3) is 11.6 Å². The third-order valence-corrected chi connectivity index (χ3v) is 3.62. The molecule has 0 N–H and O–H groups in total. The first-order valence-corrected chi connectivity index (χ1v) is 7.16. The van der Waals surface area contributed by atoms with E-state index in [4.69, 9.17) is 4.74 Å². The van der Waals surface area contributed by atoms with Crippen molar-refractivity contribution >= 4 is 11.6 Å². The molecule has 0 spiro atoms. The van der Waals surface area contributed by atoms with Crippen molar-refractivity contribution in [1.29, 1.82) is 0 Å². The summed E-state index contributed by atoms with van der Waals surface area (Å²) in [6.07, 6.45) is 0. The van der Waals surface area contributed by atoms with E-state index < -0.39 is 10.7 Å². The maximum Gasteiger partial charge on any atom is 0.272 e. The van der Waals surface area contributed by atoms with E-state index in [2.05, 4.69) is 0 Å². The number of carbonyl (C=O) groups is 1. The van der Waals surface area contributed by atoms with Gasteiger partial charge in [0, 0.05) is 30.8 Å². The quantitative estimate of drug-likeness (QED) is 0.622. The first-order valence-electron chi connectivity index (χ1n) is 7.16. The van der Waals surface area contributed by atoms with E-state index in [1.165, 1.54) is 42.3 Å². The molecule has 0 saturated heterocycles. The van der Waals surface area contributed by atoms with E-state index >= 15 is 0 Å². The Morgan fingerprint density at radius 2 is 2.00 bits per heavy atom. The van der Waals surface area contributed by atoms with Crippen LogP contribution in [0.1, 0.15) is 21.5 Å². The lowest BCUT2D eigenvalue weighted by Gasteiger charge is -2.18. The zero-order valence-corrected chi connectivity index (χ0v) is 13.6. The van der Waals surface area contributed by atoms with Crippen LogP contribution in [0.15, 0.2) is 36.4 Å². The maximum atomic E-state index is 13.7. The van der Waals surface area contributed by atoms with E-state index in [1.807, 2.05) is 0 Å². The van der Waals surface area contributed by atoms with Crippen molar-refractivity contribution in [2.75, 3.05) is 14.2 Å². The van der Waals surface area contributed by atoms with Crippen molar-refractivity contribution in [2.45, 2.75) is 13.5 Å². The van der Waals surface area contributed by atoms with Gasteiger partial charge >= 0.3 is 0 Å².